The predicted octanol–water partition coefficient (Wildman–Crippen LogP) is 2.02. The van der Waals surface area contributed by atoms with Crippen LogP contribution in [0, 0.1) is 0 Å². The lowest BCUT2D eigenvalue weighted by Gasteiger charge is -2.38. The number of ether oxygens (including phenoxy) is 2. The maximum absolute atomic E-state index is 13.4. The number of aliphatic hydroxyl groups is 1. The summed E-state index contributed by atoms with van der Waals surface area (Å²) in [6.45, 7) is 2.39. The summed E-state index contributed by atoms with van der Waals surface area (Å²) in [7, 11) is -3.54. The number of aliphatic hydroxyl groups excluding tert-OH is 1. The van der Waals surface area contributed by atoms with Crippen LogP contribution in [0.5, 0.6) is 5.75 Å². The van der Waals surface area contributed by atoms with Crippen molar-refractivity contribution in [1.82, 2.24) is 19.2 Å². The zero-order valence-corrected chi connectivity index (χ0v) is 26.8. The van der Waals surface area contributed by atoms with Gasteiger partial charge in [-0.3, -0.25) is 0 Å². The molecule has 0 aromatic heterocycles. The first kappa shape index (κ1) is 32.8. The van der Waals surface area contributed by atoms with E-state index in [1.165, 1.54) is 12.1 Å². The van der Waals surface area contributed by atoms with Gasteiger partial charge in [-0.15, -0.1) is 0 Å². The quantitative estimate of drug-likeness (QED) is 0.255. The summed E-state index contributed by atoms with van der Waals surface area (Å²) in [5, 5.41) is 15.8. The molecule has 2 heterocycles. The molecule has 2 saturated heterocycles. The van der Waals surface area contributed by atoms with Crippen molar-refractivity contribution in [1.29, 1.82) is 0 Å². The van der Waals surface area contributed by atoms with Crippen molar-refractivity contribution in [3.63, 3.8) is 0 Å². The molecule has 1 unspecified atom stereocenters. The second-order valence-electron chi connectivity index (χ2n) is 11.9. The van der Waals surface area contributed by atoms with Gasteiger partial charge in [0.1, 0.15) is 18.5 Å². The molecule has 2 aliphatic rings. The van der Waals surface area contributed by atoms with Gasteiger partial charge in [0.2, 0.25) is 20.0 Å². The summed E-state index contributed by atoms with van der Waals surface area (Å²) >= 11 is 0. The van der Waals surface area contributed by atoms with Gasteiger partial charge in [0.25, 0.3) is 0 Å². The number of piperidine rings is 1. The largest absolute Gasteiger partial charge is 0.491 e. The highest BCUT2D eigenvalue weighted by Crippen LogP contribution is 2.37. The lowest BCUT2D eigenvalue weighted by atomic mass is 9.88. The van der Waals surface area contributed by atoms with Crippen molar-refractivity contribution >= 4 is 30.8 Å². The summed E-state index contributed by atoms with van der Waals surface area (Å²) in [5.41, 5.74) is -0.388. The van der Waals surface area contributed by atoms with Gasteiger partial charge in [-0.25, -0.2) is 21.6 Å². The Morgan fingerprint density at radius 3 is 2.50 bits per heavy atom. The van der Waals surface area contributed by atoms with Gasteiger partial charge >= 0.3 is 0 Å². The highest BCUT2D eigenvalue weighted by molar-refractivity contribution is 7.89. The minimum absolute atomic E-state index is 0.00906. The molecular formula is C31H42N4O7S2. The number of rotatable bonds is 13. The van der Waals surface area contributed by atoms with Crippen LogP contribution < -0.4 is 14.8 Å². The van der Waals surface area contributed by atoms with Crippen LogP contribution in [-0.2, 0) is 24.8 Å². The summed E-state index contributed by atoms with van der Waals surface area (Å²) < 4.78 is 67.9. The van der Waals surface area contributed by atoms with E-state index in [0.717, 1.165) is 17.2 Å². The van der Waals surface area contributed by atoms with Crippen molar-refractivity contribution in [2.24, 2.45) is 0 Å². The van der Waals surface area contributed by atoms with E-state index in [0.29, 0.717) is 56.3 Å². The molecule has 3 aromatic carbocycles. The molecule has 0 bridgehead atoms. The molecule has 5 rings (SSSR count). The molecule has 3 aromatic rings. The molecule has 13 heteroatoms. The van der Waals surface area contributed by atoms with Crippen LogP contribution in [0.25, 0.3) is 10.8 Å². The van der Waals surface area contributed by atoms with E-state index in [9.17, 15) is 21.9 Å². The van der Waals surface area contributed by atoms with E-state index in [1.54, 1.807) is 28.6 Å². The second kappa shape index (κ2) is 13.8. The molecule has 2 aliphatic heterocycles. The van der Waals surface area contributed by atoms with Crippen LogP contribution in [0.3, 0.4) is 0 Å². The SMILES string of the molecule is CN(C)CCNS(=O)(=O)c1cccc(OC[C@@H](O)CNC2COC3(CCN(S(=O)(=O)c4ccc5ccccc5c4)CC3)C2)c1. The Labute approximate surface area is 260 Å². The zero-order chi connectivity index (χ0) is 31.4. The van der Waals surface area contributed by atoms with Crippen molar-refractivity contribution in [3.05, 3.63) is 66.7 Å². The monoisotopic (exact) mass is 646 g/mol. The van der Waals surface area contributed by atoms with Crippen LogP contribution >= 0.6 is 0 Å². The molecular weight excluding hydrogens is 604 g/mol. The topological polar surface area (TPSA) is 138 Å². The number of nitrogens with zero attached hydrogens (tertiary/aromatic N) is 2. The molecule has 11 nitrogen and oxygen atoms in total. The Kier molecular flexibility index (Phi) is 10.3. The minimum Gasteiger partial charge on any atom is -0.491 e. The second-order valence-corrected chi connectivity index (χ2v) is 15.6. The van der Waals surface area contributed by atoms with Gasteiger partial charge in [0.15, 0.2) is 0 Å². The van der Waals surface area contributed by atoms with E-state index in [4.69, 9.17) is 9.47 Å². The first-order chi connectivity index (χ1) is 21.0. The molecule has 44 heavy (non-hydrogen) atoms. The van der Waals surface area contributed by atoms with E-state index in [2.05, 4.69) is 10.0 Å². The summed E-state index contributed by atoms with van der Waals surface area (Å²) in [6.07, 6.45) is 1.12. The van der Waals surface area contributed by atoms with Crippen molar-refractivity contribution in [2.45, 2.75) is 46.8 Å². The predicted molar refractivity (Wildman–Crippen MR) is 169 cm³/mol. The molecule has 0 aliphatic carbocycles. The third-order valence-electron chi connectivity index (χ3n) is 8.25. The van der Waals surface area contributed by atoms with Gasteiger partial charge in [-0.2, -0.15) is 4.31 Å². The molecule has 0 saturated carbocycles. The van der Waals surface area contributed by atoms with Gasteiger partial charge in [0.05, 0.1) is 22.0 Å². The fourth-order valence-electron chi connectivity index (χ4n) is 5.71. The number of nitrogens with one attached hydrogen (secondary N) is 2. The summed E-state index contributed by atoms with van der Waals surface area (Å²) in [4.78, 5) is 2.30. The number of benzene rings is 3. The first-order valence-electron chi connectivity index (χ1n) is 14.9. The first-order valence-corrected chi connectivity index (χ1v) is 17.8. The van der Waals surface area contributed by atoms with Crippen LogP contribution in [0.15, 0.2) is 76.5 Å². The molecule has 1 spiro atoms. The highest BCUT2D eigenvalue weighted by atomic mass is 32.2. The highest BCUT2D eigenvalue weighted by Gasteiger charge is 2.44. The fourth-order valence-corrected chi connectivity index (χ4v) is 8.24. The molecule has 3 N–H and O–H groups in total. The van der Waals surface area contributed by atoms with E-state index in [-0.39, 0.29) is 29.7 Å². The van der Waals surface area contributed by atoms with Crippen molar-refractivity contribution < 1.29 is 31.4 Å². The summed E-state index contributed by atoms with van der Waals surface area (Å²) in [5.74, 6) is 0.355. The van der Waals surface area contributed by atoms with Crippen molar-refractivity contribution in [3.8, 4) is 5.75 Å². The van der Waals surface area contributed by atoms with E-state index in [1.807, 2.05) is 49.3 Å². The lowest BCUT2D eigenvalue weighted by molar-refractivity contribution is -0.0312. The number of hydrogen-bond donors (Lipinski definition) is 3. The lowest BCUT2D eigenvalue weighted by Crippen LogP contribution is -2.47. The Hall–Kier alpha value is -2.62. The molecule has 2 atom stereocenters. The Balaban J connectivity index is 1.06. The average Bonchev–Trinajstić information content (AvgIpc) is 3.40. The fraction of sp³-hybridized carbons (Fsp3) is 0.484. The molecule has 0 radical (unpaired) electrons. The maximum Gasteiger partial charge on any atom is 0.243 e. The Bertz CT molecular complexity index is 1640. The number of hydrogen-bond acceptors (Lipinski definition) is 9. The minimum atomic E-state index is -3.67. The van der Waals surface area contributed by atoms with E-state index < -0.39 is 26.2 Å². The van der Waals surface area contributed by atoms with E-state index >= 15 is 0 Å². The number of fused-ring (bicyclic) bond motifs is 1. The van der Waals surface area contributed by atoms with Crippen LogP contribution in [0.1, 0.15) is 19.3 Å². The van der Waals surface area contributed by atoms with Gasteiger partial charge in [0, 0.05) is 44.8 Å². The normalized spacial score (nSPS) is 20.0. The summed E-state index contributed by atoms with van der Waals surface area (Å²) in [6, 6.07) is 19.2. The van der Waals surface area contributed by atoms with Gasteiger partial charge in [-0.05, 0) is 68.4 Å². The van der Waals surface area contributed by atoms with Gasteiger partial charge in [-0.1, -0.05) is 36.4 Å². The Morgan fingerprint density at radius 1 is 1.00 bits per heavy atom. The van der Waals surface area contributed by atoms with Gasteiger partial charge < -0.3 is 24.8 Å². The van der Waals surface area contributed by atoms with Crippen molar-refractivity contribution in [2.75, 3.05) is 60.0 Å². The smallest absolute Gasteiger partial charge is 0.243 e. The van der Waals surface area contributed by atoms with Crippen LogP contribution in [0.2, 0.25) is 0 Å². The number of sulfonamides is 2. The molecule has 0 amide bonds. The zero-order valence-electron chi connectivity index (χ0n) is 25.2. The number of likely N-dealkylation sites (N-methyl/N-ethyl adjacent to an activating group) is 1. The third-order valence-corrected chi connectivity index (χ3v) is 11.6. The molecule has 2 fully saturated rings. The maximum atomic E-state index is 13.4. The van der Waals surface area contributed by atoms with Crippen LogP contribution in [-0.4, -0.2) is 109 Å². The third kappa shape index (κ3) is 7.96. The standard InChI is InChI=1S/C31H42N4O7S2/c1-34(2)17-14-33-43(37,38)29-9-5-8-28(19-29)41-23-27(36)21-32-26-20-31(42-22-26)12-15-35(16-13-31)44(39,40)30-11-10-24-6-3-4-7-25(24)18-30/h3-11,18-19,26-27,32-33,36H,12-17,20-23H2,1-2H3/t26?,27-/m0/s1. The Morgan fingerprint density at radius 2 is 1.75 bits per heavy atom. The average molecular weight is 647 g/mol. The van der Waals surface area contributed by atoms with Crippen LogP contribution in [0.4, 0.5) is 0 Å². The molecule has 240 valence electrons.